The first-order chi connectivity index (χ1) is 12.6. The van der Waals surface area contributed by atoms with E-state index in [1.54, 1.807) is 0 Å². The van der Waals surface area contributed by atoms with Crippen LogP contribution in [0, 0.1) is 0 Å². The average Bonchev–Trinajstić information content (AvgIpc) is 2.64. The molecule has 0 aliphatic carbocycles. The lowest BCUT2D eigenvalue weighted by Crippen LogP contribution is -2.25. The molecular formula is C18H40N2O6. The molecule has 0 radical (unpaired) electrons. The number of ether oxygens (including phenoxy) is 4. The molecule has 2 N–H and O–H groups in total. The minimum Gasteiger partial charge on any atom is -0.377 e. The molecule has 0 heterocycles. The predicted molar refractivity (Wildman–Crippen MR) is 103 cm³/mol. The first-order valence-corrected chi connectivity index (χ1v) is 9.42. The van der Waals surface area contributed by atoms with Gasteiger partial charge in [-0.3, -0.25) is 9.59 Å². The van der Waals surface area contributed by atoms with Gasteiger partial charge in [0.1, 0.15) is 0 Å². The fourth-order valence-corrected chi connectivity index (χ4v) is 1.36. The normalized spacial score (nSPS) is 9.31. The van der Waals surface area contributed by atoms with Gasteiger partial charge in [-0.05, 0) is 0 Å². The van der Waals surface area contributed by atoms with Crippen LogP contribution in [-0.4, -0.2) is 77.8 Å². The van der Waals surface area contributed by atoms with Crippen molar-refractivity contribution in [2.75, 3.05) is 65.9 Å². The fourth-order valence-electron chi connectivity index (χ4n) is 1.36. The van der Waals surface area contributed by atoms with E-state index in [1.807, 2.05) is 27.7 Å². The van der Waals surface area contributed by atoms with Gasteiger partial charge in [-0.1, -0.05) is 27.7 Å². The standard InChI is InChI=1S/C14H28N2O6.2C2H6/c1-13(17)15-3-5-19-7-9-21-11-12-22-10-8-20-6-4-16-14(2)18;2*1-2/h3-12H2,1-2H3,(H,15,17)(H,16,18);2*1-2H3. The number of hydrogen-bond acceptors (Lipinski definition) is 6. The summed E-state index contributed by atoms with van der Waals surface area (Å²) in [4.78, 5) is 21.1. The first kappa shape index (κ1) is 29.5. The summed E-state index contributed by atoms with van der Waals surface area (Å²) in [6.45, 7) is 15.9. The molecule has 0 aromatic heterocycles. The maximum atomic E-state index is 10.6. The van der Waals surface area contributed by atoms with Crippen LogP contribution < -0.4 is 10.6 Å². The van der Waals surface area contributed by atoms with E-state index in [1.165, 1.54) is 13.8 Å². The van der Waals surface area contributed by atoms with Crippen LogP contribution in [0.3, 0.4) is 0 Å². The van der Waals surface area contributed by atoms with Crippen LogP contribution in [0.25, 0.3) is 0 Å². The summed E-state index contributed by atoms with van der Waals surface area (Å²) in [7, 11) is 0. The second-order valence-electron chi connectivity index (χ2n) is 4.42. The molecule has 0 aromatic carbocycles. The number of carbonyl (C=O) groups is 2. The third-order valence-electron chi connectivity index (χ3n) is 2.36. The average molecular weight is 381 g/mol. The van der Waals surface area contributed by atoms with Crippen molar-refractivity contribution in [1.29, 1.82) is 0 Å². The second kappa shape index (κ2) is 28.6. The summed E-state index contributed by atoms with van der Waals surface area (Å²) in [5, 5.41) is 5.27. The molecule has 8 heteroatoms. The molecule has 0 saturated heterocycles. The summed E-state index contributed by atoms with van der Waals surface area (Å²) < 4.78 is 21.1. The van der Waals surface area contributed by atoms with Gasteiger partial charge in [0.15, 0.2) is 0 Å². The maximum Gasteiger partial charge on any atom is 0.216 e. The molecule has 0 aromatic rings. The third-order valence-corrected chi connectivity index (χ3v) is 2.36. The van der Waals surface area contributed by atoms with Crippen LogP contribution in [0.4, 0.5) is 0 Å². The lowest BCUT2D eigenvalue weighted by atomic mass is 10.6. The molecule has 158 valence electrons. The molecular weight excluding hydrogens is 340 g/mol. The Morgan fingerprint density at radius 1 is 0.538 bits per heavy atom. The molecule has 0 fully saturated rings. The summed E-state index contributed by atoms with van der Waals surface area (Å²) in [6, 6.07) is 0. The Balaban J connectivity index is -0.00000123. The van der Waals surface area contributed by atoms with E-state index in [2.05, 4.69) is 10.6 Å². The smallest absolute Gasteiger partial charge is 0.216 e. The number of hydrogen-bond donors (Lipinski definition) is 2. The van der Waals surface area contributed by atoms with Crippen molar-refractivity contribution in [3.63, 3.8) is 0 Å². The zero-order valence-corrected chi connectivity index (χ0v) is 17.5. The predicted octanol–water partition coefficient (Wildman–Crippen LogP) is 1.38. The lowest BCUT2D eigenvalue weighted by Gasteiger charge is -2.08. The maximum absolute atomic E-state index is 10.6. The van der Waals surface area contributed by atoms with Crippen molar-refractivity contribution in [1.82, 2.24) is 10.6 Å². The molecule has 0 aliphatic rings. The van der Waals surface area contributed by atoms with E-state index in [-0.39, 0.29) is 11.8 Å². The van der Waals surface area contributed by atoms with Crippen molar-refractivity contribution in [3.05, 3.63) is 0 Å². The van der Waals surface area contributed by atoms with E-state index in [4.69, 9.17) is 18.9 Å². The Labute approximate surface area is 159 Å². The quantitative estimate of drug-likeness (QED) is 0.417. The van der Waals surface area contributed by atoms with E-state index in [0.29, 0.717) is 65.9 Å². The molecule has 0 atom stereocenters. The Bertz CT molecular complexity index is 263. The highest BCUT2D eigenvalue weighted by molar-refractivity contribution is 5.73. The highest BCUT2D eigenvalue weighted by Gasteiger charge is 1.94. The fraction of sp³-hybridized carbons (Fsp3) is 0.889. The van der Waals surface area contributed by atoms with E-state index in [9.17, 15) is 9.59 Å². The van der Waals surface area contributed by atoms with E-state index >= 15 is 0 Å². The van der Waals surface area contributed by atoms with Gasteiger partial charge < -0.3 is 29.6 Å². The van der Waals surface area contributed by atoms with Crippen molar-refractivity contribution in [2.45, 2.75) is 41.5 Å². The van der Waals surface area contributed by atoms with Crippen LogP contribution in [-0.2, 0) is 28.5 Å². The number of carbonyl (C=O) groups excluding carboxylic acids is 2. The van der Waals surface area contributed by atoms with Crippen molar-refractivity contribution in [2.24, 2.45) is 0 Å². The highest BCUT2D eigenvalue weighted by atomic mass is 16.6. The monoisotopic (exact) mass is 380 g/mol. The van der Waals surface area contributed by atoms with Crippen LogP contribution in [0.1, 0.15) is 41.5 Å². The van der Waals surface area contributed by atoms with Gasteiger partial charge in [0.05, 0.1) is 52.9 Å². The summed E-state index contributed by atoms with van der Waals surface area (Å²) in [6.07, 6.45) is 0. The topological polar surface area (TPSA) is 95.1 Å². The minimum absolute atomic E-state index is 0.0592. The third kappa shape index (κ3) is 34.2. The Morgan fingerprint density at radius 3 is 1.00 bits per heavy atom. The molecule has 8 nitrogen and oxygen atoms in total. The first-order valence-electron chi connectivity index (χ1n) is 9.42. The van der Waals surface area contributed by atoms with Gasteiger partial charge in [0, 0.05) is 26.9 Å². The van der Waals surface area contributed by atoms with Crippen molar-refractivity contribution in [3.8, 4) is 0 Å². The Kier molecular flexibility index (Phi) is 32.5. The number of nitrogens with one attached hydrogen (secondary N) is 2. The SMILES string of the molecule is CC.CC.CC(=O)NCCOCCOCCOCCOCCNC(C)=O. The van der Waals surface area contributed by atoms with Crippen LogP contribution in [0.5, 0.6) is 0 Å². The minimum atomic E-state index is -0.0592. The van der Waals surface area contributed by atoms with Gasteiger partial charge in [0.2, 0.25) is 11.8 Å². The second-order valence-corrected chi connectivity index (χ2v) is 4.42. The van der Waals surface area contributed by atoms with Gasteiger partial charge in [0.25, 0.3) is 0 Å². The molecule has 0 saturated carbocycles. The van der Waals surface area contributed by atoms with Crippen molar-refractivity contribution < 1.29 is 28.5 Å². The Hall–Kier alpha value is -1.22. The van der Waals surface area contributed by atoms with Gasteiger partial charge >= 0.3 is 0 Å². The zero-order chi connectivity index (χ0) is 20.5. The molecule has 0 unspecified atom stereocenters. The zero-order valence-electron chi connectivity index (χ0n) is 17.5. The van der Waals surface area contributed by atoms with Crippen LogP contribution in [0.15, 0.2) is 0 Å². The van der Waals surface area contributed by atoms with Gasteiger partial charge in [-0.25, -0.2) is 0 Å². The van der Waals surface area contributed by atoms with E-state index in [0.717, 1.165) is 0 Å². The number of rotatable bonds is 15. The summed E-state index contributed by atoms with van der Waals surface area (Å²) in [5.74, 6) is -0.118. The van der Waals surface area contributed by atoms with Gasteiger partial charge in [-0.2, -0.15) is 0 Å². The van der Waals surface area contributed by atoms with Crippen LogP contribution >= 0.6 is 0 Å². The Morgan fingerprint density at radius 2 is 0.769 bits per heavy atom. The molecule has 26 heavy (non-hydrogen) atoms. The summed E-state index contributed by atoms with van der Waals surface area (Å²) in [5.41, 5.74) is 0. The number of amides is 2. The molecule has 2 amide bonds. The highest BCUT2D eigenvalue weighted by Crippen LogP contribution is 1.82. The van der Waals surface area contributed by atoms with Crippen LogP contribution in [0.2, 0.25) is 0 Å². The van der Waals surface area contributed by atoms with E-state index < -0.39 is 0 Å². The molecule has 0 rings (SSSR count). The largest absolute Gasteiger partial charge is 0.377 e. The van der Waals surface area contributed by atoms with Gasteiger partial charge in [-0.15, -0.1) is 0 Å². The molecule has 0 spiro atoms. The lowest BCUT2D eigenvalue weighted by molar-refractivity contribution is -0.120. The van der Waals surface area contributed by atoms with Crippen molar-refractivity contribution >= 4 is 11.8 Å². The molecule has 0 bridgehead atoms. The molecule has 0 aliphatic heterocycles. The summed E-state index contributed by atoms with van der Waals surface area (Å²) >= 11 is 0.